The van der Waals surface area contributed by atoms with Gasteiger partial charge in [-0.25, -0.2) is 0 Å². The molecule has 0 amide bonds. The lowest BCUT2D eigenvalue weighted by Crippen LogP contribution is -2.03. The fourth-order valence-corrected chi connectivity index (χ4v) is 1.97. The molecule has 106 valence electrons. The molecule has 0 saturated heterocycles. The summed E-state index contributed by atoms with van der Waals surface area (Å²) >= 11 is 0. The van der Waals surface area contributed by atoms with Gasteiger partial charge < -0.3 is 15.2 Å². The highest BCUT2D eigenvalue weighted by Crippen LogP contribution is 2.32. The minimum atomic E-state index is 0.597. The van der Waals surface area contributed by atoms with Crippen molar-refractivity contribution in [3.05, 3.63) is 47.8 Å². The van der Waals surface area contributed by atoms with Crippen molar-refractivity contribution in [1.29, 1.82) is 0 Å². The average Bonchev–Trinajstić information content (AvgIpc) is 2.48. The predicted octanol–water partition coefficient (Wildman–Crippen LogP) is 2.95. The van der Waals surface area contributed by atoms with Crippen molar-refractivity contribution in [2.45, 2.75) is 19.8 Å². The molecule has 0 aliphatic carbocycles. The molecular weight excluding hydrogens is 252 g/mol. The van der Waals surface area contributed by atoms with Gasteiger partial charge in [0.1, 0.15) is 5.75 Å². The van der Waals surface area contributed by atoms with Gasteiger partial charge in [-0.05, 0) is 48.7 Å². The van der Waals surface area contributed by atoms with Crippen LogP contribution < -0.4 is 15.2 Å². The number of nitrogens with zero attached hydrogens (tertiary/aromatic N) is 1. The van der Waals surface area contributed by atoms with Crippen molar-refractivity contribution in [3.63, 3.8) is 0 Å². The molecule has 0 bridgehead atoms. The highest BCUT2D eigenvalue weighted by atomic mass is 16.5. The van der Waals surface area contributed by atoms with E-state index in [0.717, 1.165) is 24.2 Å². The van der Waals surface area contributed by atoms with E-state index in [1.54, 1.807) is 19.5 Å². The van der Waals surface area contributed by atoms with Crippen LogP contribution in [0.5, 0.6) is 17.2 Å². The summed E-state index contributed by atoms with van der Waals surface area (Å²) in [6.45, 7) is 2.70. The minimum absolute atomic E-state index is 0.597. The van der Waals surface area contributed by atoms with Crippen LogP contribution in [-0.2, 0) is 12.8 Å². The summed E-state index contributed by atoms with van der Waals surface area (Å²) in [6.07, 6.45) is 5.24. The Hall–Kier alpha value is -2.07. The molecule has 0 aliphatic rings. The maximum Gasteiger partial charge on any atom is 0.169 e. The Morgan fingerprint density at radius 1 is 1.10 bits per heavy atom. The van der Waals surface area contributed by atoms with Crippen LogP contribution in [0.25, 0.3) is 0 Å². The zero-order valence-electron chi connectivity index (χ0n) is 11.9. The van der Waals surface area contributed by atoms with Gasteiger partial charge in [-0.1, -0.05) is 13.0 Å². The van der Waals surface area contributed by atoms with Crippen LogP contribution in [0, 0.1) is 0 Å². The Kier molecular flexibility index (Phi) is 4.96. The first-order chi connectivity index (χ1) is 9.76. The smallest absolute Gasteiger partial charge is 0.169 e. The third kappa shape index (κ3) is 3.48. The van der Waals surface area contributed by atoms with Crippen LogP contribution in [0.3, 0.4) is 0 Å². The van der Waals surface area contributed by atoms with E-state index in [-0.39, 0.29) is 0 Å². The SMILES string of the molecule is CCc1ccc(Oc2cncc(CCN)c2)c(OC)c1. The van der Waals surface area contributed by atoms with Gasteiger partial charge in [-0.15, -0.1) is 0 Å². The van der Waals surface area contributed by atoms with Crippen LogP contribution in [0.15, 0.2) is 36.7 Å². The summed E-state index contributed by atoms with van der Waals surface area (Å²) in [7, 11) is 1.64. The second kappa shape index (κ2) is 6.91. The molecule has 2 N–H and O–H groups in total. The number of ether oxygens (including phenoxy) is 2. The number of rotatable bonds is 6. The fraction of sp³-hybridized carbons (Fsp3) is 0.312. The van der Waals surface area contributed by atoms with E-state index in [0.29, 0.717) is 18.0 Å². The van der Waals surface area contributed by atoms with E-state index in [1.165, 1.54) is 5.56 Å². The zero-order chi connectivity index (χ0) is 14.4. The zero-order valence-corrected chi connectivity index (χ0v) is 11.9. The van der Waals surface area contributed by atoms with Crippen LogP contribution in [0.1, 0.15) is 18.1 Å². The number of aryl methyl sites for hydroxylation is 1. The Balaban J connectivity index is 2.22. The maximum atomic E-state index is 5.86. The summed E-state index contributed by atoms with van der Waals surface area (Å²) in [5, 5.41) is 0. The van der Waals surface area contributed by atoms with Crippen molar-refractivity contribution >= 4 is 0 Å². The van der Waals surface area contributed by atoms with Crippen molar-refractivity contribution in [3.8, 4) is 17.2 Å². The molecule has 0 spiro atoms. The summed E-state index contributed by atoms with van der Waals surface area (Å²) in [6, 6.07) is 7.90. The van der Waals surface area contributed by atoms with Gasteiger partial charge in [0, 0.05) is 6.20 Å². The molecular formula is C16H20N2O2. The maximum absolute atomic E-state index is 5.86. The first-order valence-electron chi connectivity index (χ1n) is 6.75. The van der Waals surface area contributed by atoms with E-state index in [9.17, 15) is 0 Å². The molecule has 2 rings (SSSR count). The van der Waals surface area contributed by atoms with Crippen molar-refractivity contribution in [2.24, 2.45) is 5.73 Å². The highest BCUT2D eigenvalue weighted by molar-refractivity contribution is 5.45. The summed E-state index contributed by atoms with van der Waals surface area (Å²) < 4.78 is 11.2. The Labute approximate surface area is 119 Å². The predicted molar refractivity (Wildman–Crippen MR) is 79.4 cm³/mol. The minimum Gasteiger partial charge on any atom is -0.493 e. The third-order valence-electron chi connectivity index (χ3n) is 3.07. The first kappa shape index (κ1) is 14.3. The van der Waals surface area contributed by atoms with Crippen LogP contribution >= 0.6 is 0 Å². The largest absolute Gasteiger partial charge is 0.493 e. The number of methoxy groups -OCH3 is 1. The lowest BCUT2D eigenvalue weighted by Gasteiger charge is -2.12. The fourth-order valence-electron chi connectivity index (χ4n) is 1.97. The van der Waals surface area contributed by atoms with Crippen LogP contribution in [0.4, 0.5) is 0 Å². The molecule has 4 heteroatoms. The monoisotopic (exact) mass is 272 g/mol. The van der Waals surface area contributed by atoms with Gasteiger partial charge in [-0.2, -0.15) is 0 Å². The van der Waals surface area contributed by atoms with E-state index in [2.05, 4.69) is 11.9 Å². The molecule has 0 saturated carbocycles. The van der Waals surface area contributed by atoms with Gasteiger partial charge in [0.2, 0.25) is 0 Å². The van der Waals surface area contributed by atoms with Gasteiger partial charge in [0.25, 0.3) is 0 Å². The molecule has 1 aromatic heterocycles. The highest BCUT2D eigenvalue weighted by Gasteiger charge is 2.07. The lowest BCUT2D eigenvalue weighted by molar-refractivity contribution is 0.378. The number of pyridine rings is 1. The van der Waals surface area contributed by atoms with E-state index in [4.69, 9.17) is 15.2 Å². The Morgan fingerprint density at radius 3 is 2.65 bits per heavy atom. The number of nitrogens with two attached hydrogens (primary N) is 1. The van der Waals surface area contributed by atoms with Crippen LogP contribution in [0.2, 0.25) is 0 Å². The number of benzene rings is 1. The topological polar surface area (TPSA) is 57.4 Å². The summed E-state index contributed by atoms with van der Waals surface area (Å²) in [4.78, 5) is 4.17. The lowest BCUT2D eigenvalue weighted by atomic mass is 10.1. The normalized spacial score (nSPS) is 10.3. The number of aromatic nitrogens is 1. The van der Waals surface area contributed by atoms with E-state index < -0.39 is 0 Å². The molecule has 0 fully saturated rings. The van der Waals surface area contributed by atoms with Crippen molar-refractivity contribution in [2.75, 3.05) is 13.7 Å². The van der Waals surface area contributed by atoms with Gasteiger partial charge in [-0.3, -0.25) is 4.98 Å². The van der Waals surface area contributed by atoms with Crippen LogP contribution in [-0.4, -0.2) is 18.6 Å². The third-order valence-corrected chi connectivity index (χ3v) is 3.07. The molecule has 1 aromatic carbocycles. The number of hydrogen-bond acceptors (Lipinski definition) is 4. The Bertz CT molecular complexity index is 570. The molecule has 0 atom stereocenters. The van der Waals surface area contributed by atoms with Crippen molar-refractivity contribution < 1.29 is 9.47 Å². The summed E-state index contributed by atoms with van der Waals surface area (Å²) in [5.41, 5.74) is 7.83. The molecule has 0 radical (unpaired) electrons. The first-order valence-corrected chi connectivity index (χ1v) is 6.75. The number of hydrogen-bond donors (Lipinski definition) is 1. The van der Waals surface area contributed by atoms with E-state index in [1.807, 2.05) is 24.3 Å². The quantitative estimate of drug-likeness (QED) is 0.878. The van der Waals surface area contributed by atoms with Crippen molar-refractivity contribution in [1.82, 2.24) is 4.98 Å². The molecule has 4 nitrogen and oxygen atoms in total. The molecule has 20 heavy (non-hydrogen) atoms. The summed E-state index contributed by atoms with van der Waals surface area (Å²) in [5.74, 6) is 2.11. The van der Waals surface area contributed by atoms with Gasteiger partial charge in [0.05, 0.1) is 13.3 Å². The van der Waals surface area contributed by atoms with Gasteiger partial charge in [0.15, 0.2) is 11.5 Å². The Morgan fingerprint density at radius 2 is 1.95 bits per heavy atom. The second-order valence-electron chi connectivity index (χ2n) is 4.51. The molecule has 0 aliphatic heterocycles. The standard InChI is InChI=1S/C16H20N2O2/c1-3-12-4-5-15(16(9-12)19-2)20-14-8-13(6-7-17)10-18-11-14/h4-5,8-11H,3,6-7,17H2,1-2H3. The molecule has 1 heterocycles. The second-order valence-corrected chi connectivity index (χ2v) is 4.51. The average molecular weight is 272 g/mol. The van der Waals surface area contributed by atoms with E-state index >= 15 is 0 Å². The van der Waals surface area contributed by atoms with Gasteiger partial charge >= 0.3 is 0 Å². The molecule has 0 unspecified atom stereocenters. The molecule has 2 aromatic rings.